The van der Waals surface area contributed by atoms with Crippen LogP contribution in [0.15, 0.2) is 24.3 Å². The van der Waals surface area contributed by atoms with Gasteiger partial charge in [-0.25, -0.2) is 4.79 Å². The summed E-state index contributed by atoms with van der Waals surface area (Å²) in [5.74, 6) is -0.866. The summed E-state index contributed by atoms with van der Waals surface area (Å²) in [5.41, 5.74) is 0.546. The summed E-state index contributed by atoms with van der Waals surface area (Å²) in [5, 5.41) is 0. The van der Waals surface area contributed by atoms with Gasteiger partial charge in [0.2, 0.25) is 0 Å². The Balaban J connectivity index is 1.72. The van der Waals surface area contributed by atoms with E-state index in [1.165, 1.54) is 12.1 Å². The molecular formula is C16H19F3O5. The van der Waals surface area contributed by atoms with Gasteiger partial charge in [-0.15, -0.1) is 13.2 Å². The van der Waals surface area contributed by atoms with Crippen LogP contribution < -0.4 is 4.74 Å². The zero-order valence-corrected chi connectivity index (χ0v) is 13.2. The maximum Gasteiger partial charge on any atom is 0.573 e. The van der Waals surface area contributed by atoms with Crippen LogP contribution in [-0.2, 0) is 25.6 Å². The van der Waals surface area contributed by atoms with E-state index in [1.54, 1.807) is 6.92 Å². The van der Waals surface area contributed by atoms with Gasteiger partial charge >= 0.3 is 12.3 Å². The van der Waals surface area contributed by atoms with Crippen LogP contribution in [-0.4, -0.2) is 37.8 Å². The van der Waals surface area contributed by atoms with E-state index in [1.807, 2.05) is 0 Å². The number of ether oxygens (including phenoxy) is 4. The summed E-state index contributed by atoms with van der Waals surface area (Å²) >= 11 is 0. The Morgan fingerprint density at radius 2 is 2.04 bits per heavy atom. The van der Waals surface area contributed by atoms with Gasteiger partial charge in [0, 0.05) is 6.61 Å². The summed E-state index contributed by atoms with van der Waals surface area (Å²) in [7, 11) is 0. The quantitative estimate of drug-likeness (QED) is 0.708. The van der Waals surface area contributed by atoms with Crippen LogP contribution >= 0.6 is 0 Å². The number of rotatable bonds is 7. The molecule has 0 saturated carbocycles. The second-order valence-corrected chi connectivity index (χ2v) is 5.41. The highest BCUT2D eigenvalue weighted by atomic mass is 19.4. The lowest BCUT2D eigenvalue weighted by atomic mass is 10.2. The van der Waals surface area contributed by atoms with Crippen LogP contribution in [0.4, 0.5) is 13.2 Å². The fourth-order valence-electron chi connectivity index (χ4n) is 2.15. The van der Waals surface area contributed by atoms with E-state index < -0.39 is 18.4 Å². The monoisotopic (exact) mass is 348 g/mol. The van der Waals surface area contributed by atoms with Gasteiger partial charge in [-0.2, -0.15) is 0 Å². The molecule has 2 rings (SSSR count). The predicted octanol–water partition coefficient (Wildman–Crippen LogP) is 3.21. The Labute approximate surface area is 137 Å². The molecule has 24 heavy (non-hydrogen) atoms. The van der Waals surface area contributed by atoms with Crippen molar-refractivity contribution in [2.75, 3.05) is 13.2 Å². The Morgan fingerprint density at radius 1 is 1.33 bits per heavy atom. The van der Waals surface area contributed by atoms with Gasteiger partial charge in [-0.3, -0.25) is 0 Å². The SMILES string of the molecule is CC(OCC1CCCO1)C(=O)OCc1ccc(OC(F)(F)F)cc1. The predicted molar refractivity (Wildman–Crippen MR) is 77.3 cm³/mol. The molecule has 2 atom stereocenters. The molecule has 0 aromatic heterocycles. The van der Waals surface area contributed by atoms with Crippen LogP contribution in [0.3, 0.4) is 0 Å². The van der Waals surface area contributed by atoms with Crippen molar-refractivity contribution in [3.63, 3.8) is 0 Å². The van der Waals surface area contributed by atoms with Gasteiger partial charge in [0.1, 0.15) is 12.4 Å². The van der Waals surface area contributed by atoms with E-state index in [9.17, 15) is 18.0 Å². The first-order chi connectivity index (χ1) is 11.3. The van der Waals surface area contributed by atoms with Gasteiger partial charge < -0.3 is 18.9 Å². The summed E-state index contributed by atoms with van der Waals surface area (Å²) in [6.07, 6.45) is -3.55. The average molecular weight is 348 g/mol. The van der Waals surface area contributed by atoms with Gasteiger partial charge in [0.25, 0.3) is 0 Å². The third kappa shape index (κ3) is 6.37. The van der Waals surface area contributed by atoms with Crippen molar-refractivity contribution < 1.29 is 36.9 Å². The summed E-state index contributed by atoms with van der Waals surface area (Å²) < 4.78 is 55.8. The minimum atomic E-state index is -4.73. The molecule has 1 saturated heterocycles. The summed E-state index contributed by atoms with van der Waals surface area (Å²) in [6, 6.07) is 5.11. The maximum absolute atomic E-state index is 12.1. The lowest BCUT2D eigenvalue weighted by Crippen LogP contribution is -2.27. The highest BCUT2D eigenvalue weighted by molar-refractivity contribution is 5.74. The van der Waals surface area contributed by atoms with E-state index in [-0.39, 0.29) is 18.5 Å². The number of halogens is 3. The first-order valence-electron chi connectivity index (χ1n) is 7.58. The van der Waals surface area contributed by atoms with E-state index in [0.717, 1.165) is 25.0 Å². The lowest BCUT2D eigenvalue weighted by Gasteiger charge is -2.15. The smallest absolute Gasteiger partial charge is 0.459 e. The number of carbonyl (C=O) groups excluding carboxylic acids is 1. The number of esters is 1. The van der Waals surface area contributed by atoms with Crippen LogP contribution in [0, 0.1) is 0 Å². The average Bonchev–Trinajstić information content (AvgIpc) is 3.03. The fraction of sp³-hybridized carbons (Fsp3) is 0.562. The van der Waals surface area contributed by atoms with Crippen LogP contribution in [0.2, 0.25) is 0 Å². The van der Waals surface area contributed by atoms with Gasteiger partial charge in [0.15, 0.2) is 6.10 Å². The molecule has 5 nitrogen and oxygen atoms in total. The molecule has 2 unspecified atom stereocenters. The van der Waals surface area contributed by atoms with Crippen LogP contribution in [0.1, 0.15) is 25.3 Å². The number of carbonyl (C=O) groups is 1. The van der Waals surface area contributed by atoms with Crippen molar-refractivity contribution in [1.82, 2.24) is 0 Å². The lowest BCUT2D eigenvalue weighted by molar-refractivity contribution is -0.274. The zero-order chi connectivity index (χ0) is 17.6. The number of alkyl halides is 3. The van der Waals surface area contributed by atoms with Gasteiger partial charge in [-0.1, -0.05) is 12.1 Å². The molecule has 1 heterocycles. The van der Waals surface area contributed by atoms with Crippen molar-refractivity contribution >= 4 is 5.97 Å². The van der Waals surface area contributed by atoms with E-state index in [2.05, 4.69) is 4.74 Å². The molecule has 0 bridgehead atoms. The highest BCUT2D eigenvalue weighted by Crippen LogP contribution is 2.23. The highest BCUT2D eigenvalue weighted by Gasteiger charge is 2.31. The van der Waals surface area contributed by atoms with Gasteiger partial charge in [0.05, 0.1) is 12.7 Å². The fourth-order valence-corrected chi connectivity index (χ4v) is 2.15. The molecule has 0 N–H and O–H groups in total. The number of benzene rings is 1. The summed E-state index contributed by atoms with van der Waals surface area (Å²) in [4.78, 5) is 11.8. The topological polar surface area (TPSA) is 54.0 Å². The first-order valence-corrected chi connectivity index (χ1v) is 7.58. The molecule has 0 amide bonds. The molecular weight excluding hydrogens is 329 g/mol. The minimum Gasteiger partial charge on any atom is -0.459 e. The third-order valence-electron chi connectivity index (χ3n) is 3.43. The Morgan fingerprint density at radius 3 is 2.62 bits per heavy atom. The molecule has 0 spiro atoms. The molecule has 1 aromatic carbocycles. The molecule has 1 aliphatic heterocycles. The van der Waals surface area contributed by atoms with Crippen molar-refractivity contribution in [3.8, 4) is 5.75 Å². The maximum atomic E-state index is 12.1. The van der Waals surface area contributed by atoms with E-state index in [4.69, 9.17) is 14.2 Å². The first kappa shape index (κ1) is 18.5. The van der Waals surface area contributed by atoms with E-state index in [0.29, 0.717) is 18.8 Å². The van der Waals surface area contributed by atoms with Crippen LogP contribution in [0.5, 0.6) is 5.75 Å². The van der Waals surface area contributed by atoms with Crippen molar-refractivity contribution in [2.24, 2.45) is 0 Å². The number of hydrogen-bond donors (Lipinski definition) is 0. The van der Waals surface area contributed by atoms with Crippen LogP contribution in [0.25, 0.3) is 0 Å². The molecule has 1 aliphatic rings. The second-order valence-electron chi connectivity index (χ2n) is 5.41. The standard InChI is InChI=1S/C16H19F3O5/c1-11(22-10-14-3-2-8-21-14)15(20)23-9-12-4-6-13(7-5-12)24-16(17,18)19/h4-7,11,14H,2-3,8-10H2,1H3. The summed E-state index contributed by atoms with van der Waals surface area (Å²) in [6.45, 7) is 2.57. The largest absolute Gasteiger partial charge is 0.573 e. The zero-order valence-electron chi connectivity index (χ0n) is 13.2. The molecule has 1 aromatic rings. The normalized spacial score (nSPS) is 19.1. The Hall–Kier alpha value is -1.80. The molecule has 1 fully saturated rings. The Kier molecular flexibility index (Phi) is 6.44. The molecule has 0 aliphatic carbocycles. The Bertz CT molecular complexity index is 524. The minimum absolute atomic E-state index is 0.0152. The van der Waals surface area contributed by atoms with E-state index >= 15 is 0 Å². The molecule has 0 radical (unpaired) electrons. The second kappa shape index (κ2) is 8.34. The third-order valence-corrected chi connectivity index (χ3v) is 3.43. The van der Waals surface area contributed by atoms with Crippen molar-refractivity contribution in [1.29, 1.82) is 0 Å². The van der Waals surface area contributed by atoms with Crippen molar-refractivity contribution in [2.45, 2.75) is 44.9 Å². The number of hydrogen-bond acceptors (Lipinski definition) is 5. The molecule has 134 valence electrons. The van der Waals surface area contributed by atoms with Crippen molar-refractivity contribution in [3.05, 3.63) is 29.8 Å². The molecule has 8 heteroatoms. The van der Waals surface area contributed by atoms with Gasteiger partial charge in [-0.05, 0) is 37.5 Å².